The molecule has 3 aromatic rings. The topological polar surface area (TPSA) is 93.1 Å². The van der Waals surface area contributed by atoms with E-state index in [-0.39, 0.29) is 34.6 Å². The lowest BCUT2D eigenvalue weighted by molar-refractivity contribution is -0.119. The van der Waals surface area contributed by atoms with Gasteiger partial charge in [-0.1, -0.05) is 48.9 Å². The van der Waals surface area contributed by atoms with Crippen LogP contribution in [0.15, 0.2) is 58.5 Å². The maximum Gasteiger partial charge on any atom is 0.321 e. The molecule has 4 rings (SSSR count). The molecule has 1 saturated carbocycles. The monoisotopic (exact) mass is 454 g/mol. The van der Waals surface area contributed by atoms with Gasteiger partial charge in [0.2, 0.25) is 5.91 Å². The molecule has 0 atom stereocenters. The molecule has 0 spiro atoms. The highest BCUT2D eigenvalue weighted by atomic mass is 32.2. The quantitative estimate of drug-likeness (QED) is 0.437. The summed E-state index contributed by atoms with van der Waals surface area (Å²) >= 11 is 1.16. The van der Waals surface area contributed by atoms with Crippen LogP contribution in [0.3, 0.4) is 0 Å². The lowest BCUT2D eigenvalue weighted by atomic mass is 10.2. The van der Waals surface area contributed by atoms with Gasteiger partial charge in [-0.3, -0.25) is 19.5 Å². The Morgan fingerprint density at radius 2 is 1.81 bits per heavy atom. The first-order valence-electron chi connectivity index (χ1n) is 10.5. The number of rotatable bonds is 6. The molecule has 9 heteroatoms. The fourth-order valence-corrected chi connectivity index (χ4v) is 4.71. The van der Waals surface area contributed by atoms with Crippen LogP contribution in [0.5, 0.6) is 0 Å². The third kappa shape index (κ3) is 4.99. The van der Waals surface area contributed by atoms with Gasteiger partial charge in [-0.05, 0) is 37.1 Å². The fourth-order valence-electron chi connectivity index (χ4n) is 3.77. The van der Waals surface area contributed by atoms with E-state index in [9.17, 15) is 18.8 Å². The zero-order valence-corrected chi connectivity index (χ0v) is 18.2. The molecule has 0 aliphatic heterocycles. The summed E-state index contributed by atoms with van der Waals surface area (Å²) in [4.78, 5) is 41.8. The SMILES string of the molecule is O=C(CCSc1nc2ccccc2c(=O)n1-c1ccccc1F)NC(=O)NC1CCCC1. The van der Waals surface area contributed by atoms with Crippen molar-refractivity contribution in [3.05, 3.63) is 64.7 Å². The molecule has 1 aromatic heterocycles. The van der Waals surface area contributed by atoms with E-state index < -0.39 is 17.8 Å². The summed E-state index contributed by atoms with van der Waals surface area (Å²) in [5, 5.41) is 5.80. The fraction of sp³-hybridized carbons (Fsp3) is 0.304. The summed E-state index contributed by atoms with van der Waals surface area (Å²) in [6.45, 7) is 0. The average molecular weight is 455 g/mol. The molecule has 0 radical (unpaired) electrons. The molecule has 1 fully saturated rings. The molecule has 2 aromatic carbocycles. The summed E-state index contributed by atoms with van der Waals surface area (Å²) in [7, 11) is 0. The molecule has 166 valence electrons. The molecule has 1 aliphatic rings. The Kier molecular flexibility index (Phi) is 6.84. The van der Waals surface area contributed by atoms with Crippen molar-refractivity contribution in [2.45, 2.75) is 43.3 Å². The van der Waals surface area contributed by atoms with Crippen LogP contribution >= 0.6 is 11.8 Å². The van der Waals surface area contributed by atoms with Gasteiger partial charge in [0.1, 0.15) is 5.82 Å². The summed E-state index contributed by atoms with van der Waals surface area (Å²) in [6, 6.07) is 12.5. The van der Waals surface area contributed by atoms with E-state index in [1.807, 2.05) is 0 Å². The number of halogens is 1. The Hall–Kier alpha value is -3.20. The minimum absolute atomic E-state index is 0.0444. The van der Waals surface area contributed by atoms with Crippen molar-refractivity contribution >= 4 is 34.6 Å². The van der Waals surface area contributed by atoms with Gasteiger partial charge in [0, 0.05) is 18.2 Å². The number of hydrogen-bond donors (Lipinski definition) is 2. The van der Waals surface area contributed by atoms with Crippen molar-refractivity contribution in [1.82, 2.24) is 20.2 Å². The summed E-state index contributed by atoms with van der Waals surface area (Å²) in [5.74, 6) is -0.703. The van der Waals surface area contributed by atoms with Crippen LogP contribution in [0.2, 0.25) is 0 Å². The van der Waals surface area contributed by atoms with E-state index in [1.165, 1.54) is 16.7 Å². The zero-order valence-electron chi connectivity index (χ0n) is 17.3. The van der Waals surface area contributed by atoms with Gasteiger partial charge in [-0.25, -0.2) is 14.2 Å². The molecule has 3 amide bonds. The lowest BCUT2D eigenvalue weighted by Crippen LogP contribution is -2.43. The summed E-state index contributed by atoms with van der Waals surface area (Å²) < 4.78 is 15.7. The number of urea groups is 1. The minimum atomic E-state index is -0.546. The van der Waals surface area contributed by atoms with Gasteiger partial charge in [0.05, 0.1) is 16.6 Å². The largest absolute Gasteiger partial charge is 0.335 e. The van der Waals surface area contributed by atoms with Gasteiger partial charge in [0.15, 0.2) is 5.16 Å². The van der Waals surface area contributed by atoms with Gasteiger partial charge in [-0.15, -0.1) is 0 Å². The second kappa shape index (κ2) is 9.95. The lowest BCUT2D eigenvalue weighted by Gasteiger charge is -2.14. The molecule has 0 saturated heterocycles. The third-order valence-electron chi connectivity index (χ3n) is 5.34. The van der Waals surface area contributed by atoms with E-state index in [0.717, 1.165) is 37.4 Å². The Morgan fingerprint density at radius 3 is 2.59 bits per heavy atom. The van der Waals surface area contributed by atoms with Crippen molar-refractivity contribution in [3.63, 3.8) is 0 Å². The second-order valence-corrected chi connectivity index (χ2v) is 8.67. The van der Waals surface area contributed by atoms with Gasteiger partial charge >= 0.3 is 6.03 Å². The predicted molar refractivity (Wildman–Crippen MR) is 122 cm³/mol. The minimum Gasteiger partial charge on any atom is -0.335 e. The number of imide groups is 1. The van der Waals surface area contributed by atoms with Gasteiger partial charge in [0.25, 0.3) is 5.56 Å². The van der Waals surface area contributed by atoms with E-state index in [2.05, 4.69) is 15.6 Å². The molecule has 1 heterocycles. The normalized spacial score (nSPS) is 13.9. The number of carbonyl (C=O) groups excluding carboxylic acids is 2. The highest BCUT2D eigenvalue weighted by molar-refractivity contribution is 7.99. The van der Waals surface area contributed by atoms with E-state index in [4.69, 9.17) is 0 Å². The standard InChI is InChI=1S/C23H23FN4O3S/c24-17-10-4-6-12-19(17)28-21(30)16-9-3-5-11-18(16)26-23(28)32-14-13-20(29)27-22(31)25-15-7-1-2-8-15/h3-6,9-12,15H,1-2,7-8,13-14H2,(H2,25,27,29,31). The number of amides is 3. The average Bonchev–Trinajstić information content (AvgIpc) is 3.28. The summed E-state index contributed by atoms with van der Waals surface area (Å²) in [6.07, 6.45) is 4.07. The zero-order chi connectivity index (χ0) is 22.5. The smallest absolute Gasteiger partial charge is 0.321 e. The number of hydrogen-bond acceptors (Lipinski definition) is 5. The van der Waals surface area contributed by atoms with Crippen molar-refractivity contribution in [2.24, 2.45) is 0 Å². The number of thioether (sulfide) groups is 1. The number of aromatic nitrogens is 2. The van der Waals surface area contributed by atoms with Crippen molar-refractivity contribution in [3.8, 4) is 5.69 Å². The number of nitrogens with zero attached hydrogens (tertiary/aromatic N) is 2. The first-order chi connectivity index (χ1) is 15.5. The van der Waals surface area contributed by atoms with Crippen LogP contribution in [0.25, 0.3) is 16.6 Å². The highest BCUT2D eigenvalue weighted by Gasteiger charge is 2.19. The molecular weight excluding hydrogens is 431 g/mol. The van der Waals surface area contributed by atoms with Crippen molar-refractivity contribution < 1.29 is 14.0 Å². The van der Waals surface area contributed by atoms with E-state index in [1.54, 1.807) is 36.4 Å². The van der Waals surface area contributed by atoms with Gasteiger partial charge in [-0.2, -0.15) is 0 Å². The van der Waals surface area contributed by atoms with Crippen LogP contribution in [0, 0.1) is 5.82 Å². The maximum atomic E-state index is 14.5. The molecule has 0 bridgehead atoms. The van der Waals surface area contributed by atoms with Crippen LogP contribution in [-0.2, 0) is 4.79 Å². The molecule has 7 nitrogen and oxygen atoms in total. The highest BCUT2D eigenvalue weighted by Crippen LogP contribution is 2.23. The number of para-hydroxylation sites is 2. The Bertz CT molecular complexity index is 1210. The number of fused-ring (bicyclic) bond motifs is 1. The molecule has 32 heavy (non-hydrogen) atoms. The van der Waals surface area contributed by atoms with Crippen LogP contribution in [0.4, 0.5) is 9.18 Å². The van der Waals surface area contributed by atoms with Crippen molar-refractivity contribution in [2.75, 3.05) is 5.75 Å². The number of benzene rings is 2. The number of carbonyl (C=O) groups is 2. The Labute approximate surface area is 188 Å². The Morgan fingerprint density at radius 1 is 1.09 bits per heavy atom. The third-order valence-corrected chi connectivity index (χ3v) is 6.28. The van der Waals surface area contributed by atoms with Crippen LogP contribution in [0.1, 0.15) is 32.1 Å². The van der Waals surface area contributed by atoms with E-state index >= 15 is 0 Å². The van der Waals surface area contributed by atoms with Crippen molar-refractivity contribution in [1.29, 1.82) is 0 Å². The molecule has 0 unspecified atom stereocenters. The Balaban J connectivity index is 1.49. The summed E-state index contributed by atoms with van der Waals surface area (Å²) in [5.41, 5.74) is 0.204. The number of nitrogens with one attached hydrogen (secondary N) is 2. The first-order valence-corrected chi connectivity index (χ1v) is 11.5. The second-order valence-electron chi connectivity index (χ2n) is 7.60. The van der Waals surface area contributed by atoms with E-state index in [0.29, 0.717) is 10.9 Å². The van der Waals surface area contributed by atoms with Crippen LogP contribution < -0.4 is 16.2 Å². The maximum absolute atomic E-state index is 14.5. The predicted octanol–water partition coefficient (Wildman–Crippen LogP) is 3.78. The van der Waals surface area contributed by atoms with Crippen LogP contribution in [-0.4, -0.2) is 33.3 Å². The molecule has 2 N–H and O–H groups in total. The molecule has 1 aliphatic carbocycles. The first kappa shape index (κ1) is 22.0. The molecular formula is C23H23FN4O3S. The van der Waals surface area contributed by atoms with Gasteiger partial charge < -0.3 is 5.32 Å².